The first-order valence-electron chi connectivity index (χ1n) is 8.06. The highest BCUT2D eigenvalue weighted by Crippen LogP contribution is 2.09. The first-order valence-corrected chi connectivity index (χ1v) is 8.06. The predicted molar refractivity (Wildman–Crippen MR) is 95.2 cm³/mol. The average molecular weight is 398 g/mol. The van der Waals surface area contributed by atoms with Gasteiger partial charge in [-0.05, 0) is 17.7 Å². The zero-order valence-corrected chi connectivity index (χ0v) is 14.9. The fourth-order valence-corrected chi connectivity index (χ4v) is 2.39. The van der Waals surface area contributed by atoms with Gasteiger partial charge < -0.3 is 20.9 Å². The summed E-state index contributed by atoms with van der Waals surface area (Å²) in [5.74, 6) is -4.20. The van der Waals surface area contributed by atoms with E-state index in [1.54, 1.807) is 24.3 Å². The molecule has 0 atom stereocenters. The van der Waals surface area contributed by atoms with Gasteiger partial charge in [0.05, 0.1) is 12.7 Å². The van der Waals surface area contributed by atoms with Gasteiger partial charge in [0.15, 0.2) is 5.69 Å². The van der Waals surface area contributed by atoms with Gasteiger partial charge in [0.25, 0.3) is 17.6 Å². The molecule has 3 rings (SSSR count). The summed E-state index contributed by atoms with van der Waals surface area (Å²) in [5.41, 5.74) is 5.49. The summed E-state index contributed by atoms with van der Waals surface area (Å²) < 4.78 is 5.42. The summed E-state index contributed by atoms with van der Waals surface area (Å²) in [4.78, 5) is 54.2. The zero-order valence-electron chi connectivity index (χ0n) is 14.9. The molecular formula is C17H14N6O6. The number of amides is 2. The lowest BCUT2D eigenvalue weighted by Gasteiger charge is -2.07. The van der Waals surface area contributed by atoms with Crippen molar-refractivity contribution < 1.29 is 29.0 Å². The van der Waals surface area contributed by atoms with Crippen LogP contribution in [0, 0.1) is 0 Å². The van der Waals surface area contributed by atoms with Crippen molar-refractivity contribution in [2.75, 3.05) is 7.11 Å². The van der Waals surface area contributed by atoms with Crippen molar-refractivity contribution in [3.63, 3.8) is 0 Å². The monoisotopic (exact) mass is 398 g/mol. The summed E-state index contributed by atoms with van der Waals surface area (Å²) in [5, 5.41) is 15.6. The molecule has 0 spiro atoms. The molecule has 0 unspecified atom stereocenters. The van der Waals surface area contributed by atoms with Crippen LogP contribution in [0.4, 0.5) is 0 Å². The largest absolute Gasteiger partial charge is 0.477 e. The standard InChI is InChI=1S/C17H14N6O6/c1-29-16(28)9-4-2-8(3-5-9)7-19-14(25)10-6-11(15(26)27)23-17(20-10)21-13(22-23)12(18)24/h2-6H,7H2,1H3,(H2,18,24)(H,19,25)(H,26,27). The Morgan fingerprint density at radius 2 is 1.86 bits per heavy atom. The number of aromatic nitrogens is 4. The normalized spacial score (nSPS) is 10.5. The van der Waals surface area contributed by atoms with Crippen LogP contribution in [0.5, 0.6) is 0 Å². The maximum absolute atomic E-state index is 12.4. The van der Waals surface area contributed by atoms with Crippen LogP contribution in [0.3, 0.4) is 0 Å². The Balaban J connectivity index is 1.82. The molecule has 2 amide bonds. The zero-order chi connectivity index (χ0) is 21.1. The minimum atomic E-state index is -1.40. The number of hydrogen-bond acceptors (Lipinski definition) is 8. The van der Waals surface area contributed by atoms with Gasteiger partial charge in [0, 0.05) is 12.6 Å². The van der Waals surface area contributed by atoms with E-state index in [1.165, 1.54) is 7.11 Å². The van der Waals surface area contributed by atoms with Crippen molar-refractivity contribution in [3.05, 3.63) is 58.7 Å². The molecule has 12 nitrogen and oxygen atoms in total. The number of carboxylic acids is 1. The van der Waals surface area contributed by atoms with Gasteiger partial charge in [-0.2, -0.15) is 9.50 Å². The Morgan fingerprint density at radius 1 is 1.17 bits per heavy atom. The van der Waals surface area contributed by atoms with Crippen LogP contribution in [0.15, 0.2) is 30.3 Å². The van der Waals surface area contributed by atoms with E-state index in [1.807, 2.05) is 0 Å². The van der Waals surface area contributed by atoms with Crippen LogP contribution in [0.1, 0.15) is 47.5 Å². The lowest BCUT2D eigenvalue weighted by Crippen LogP contribution is -2.25. The lowest BCUT2D eigenvalue weighted by atomic mass is 10.1. The summed E-state index contributed by atoms with van der Waals surface area (Å²) in [7, 11) is 1.27. The number of benzene rings is 1. The molecule has 0 aliphatic carbocycles. The lowest BCUT2D eigenvalue weighted by molar-refractivity contribution is 0.0599. The number of carboxylic acid groups (broad SMARTS) is 1. The second-order valence-electron chi connectivity index (χ2n) is 5.71. The number of fused-ring (bicyclic) bond motifs is 1. The van der Waals surface area contributed by atoms with Crippen molar-refractivity contribution in [1.29, 1.82) is 0 Å². The smallest absolute Gasteiger partial charge is 0.354 e. The Kier molecular flexibility index (Phi) is 5.17. The molecule has 0 aliphatic rings. The minimum Gasteiger partial charge on any atom is -0.477 e. The Labute approximate surface area is 162 Å². The molecule has 1 aromatic carbocycles. The van der Waals surface area contributed by atoms with Gasteiger partial charge in [-0.25, -0.2) is 14.6 Å². The highest BCUT2D eigenvalue weighted by molar-refractivity contribution is 5.96. The molecule has 0 fully saturated rings. The molecule has 0 aliphatic heterocycles. The number of aromatic carboxylic acids is 1. The molecule has 12 heteroatoms. The maximum Gasteiger partial charge on any atom is 0.354 e. The van der Waals surface area contributed by atoms with Crippen molar-refractivity contribution >= 4 is 29.5 Å². The molecule has 0 bridgehead atoms. The summed E-state index contributed by atoms with van der Waals surface area (Å²) in [6.07, 6.45) is 0. The van der Waals surface area contributed by atoms with Gasteiger partial charge in [0.2, 0.25) is 5.82 Å². The summed E-state index contributed by atoms with van der Waals surface area (Å²) >= 11 is 0. The molecule has 0 radical (unpaired) electrons. The van der Waals surface area contributed by atoms with Crippen molar-refractivity contribution in [1.82, 2.24) is 24.9 Å². The highest BCUT2D eigenvalue weighted by Gasteiger charge is 2.20. The Morgan fingerprint density at radius 3 is 2.45 bits per heavy atom. The van der Waals surface area contributed by atoms with Crippen LogP contribution < -0.4 is 11.1 Å². The number of ether oxygens (including phenoxy) is 1. The van der Waals surface area contributed by atoms with Crippen LogP contribution in [-0.4, -0.2) is 55.6 Å². The third kappa shape index (κ3) is 4.00. The first kappa shape index (κ1) is 19.4. The summed E-state index contributed by atoms with van der Waals surface area (Å²) in [6, 6.07) is 7.35. The fourth-order valence-electron chi connectivity index (χ4n) is 2.39. The number of carbonyl (C=O) groups is 4. The van der Waals surface area contributed by atoms with Gasteiger partial charge in [-0.15, -0.1) is 5.10 Å². The highest BCUT2D eigenvalue weighted by atomic mass is 16.5. The Bertz CT molecular complexity index is 1140. The topological polar surface area (TPSA) is 179 Å². The molecule has 0 saturated heterocycles. The van der Waals surface area contributed by atoms with E-state index in [2.05, 4.69) is 25.1 Å². The first-order chi connectivity index (χ1) is 13.8. The van der Waals surface area contributed by atoms with E-state index in [-0.39, 0.29) is 18.0 Å². The van der Waals surface area contributed by atoms with Crippen molar-refractivity contribution in [2.24, 2.45) is 5.73 Å². The number of methoxy groups -OCH3 is 1. The number of nitrogens with zero attached hydrogens (tertiary/aromatic N) is 4. The van der Waals surface area contributed by atoms with Crippen molar-refractivity contribution in [2.45, 2.75) is 6.54 Å². The molecule has 148 valence electrons. The molecule has 3 aromatic rings. The maximum atomic E-state index is 12.4. The third-order valence-corrected chi connectivity index (χ3v) is 3.81. The fraction of sp³-hybridized carbons (Fsp3) is 0.118. The number of rotatable bonds is 6. The number of nitrogens with one attached hydrogen (secondary N) is 1. The third-order valence-electron chi connectivity index (χ3n) is 3.81. The average Bonchev–Trinajstić information content (AvgIpc) is 3.15. The number of esters is 1. The van der Waals surface area contributed by atoms with E-state index in [9.17, 15) is 24.3 Å². The molecule has 0 saturated carbocycles. The van der Waals surface area contributed by atoms with Crippen LogP contribution in [-0.2, 0) is 11.3 Å². The second kappa shape index (κ2) is 7.72. The van der Waals surface area contributed by atoms with E-state index in [0.29, 0.717) is 11.1 Å². The van der Waals surface area contributed by atoms with E-state index in [0.717, 1.165) is 10.6 Å². The van der Waals surface area contributed by atoms with Gasteiger partial charge in [-0.3, -0.25) is 9.59 Å². The van der Waals surface area contributed by atoms with Gasteiger partial charge in [-0.1, -0.05) is 12.1 Å². The number of nitrogens with two attached hydrogens (primary N) is 1. The van der Waals surface area contributed by atoms with Gasteiger partial charge in [0.1, 0.15) is 5.69 Å². The quantitative estimate of drug-likeness (QED) is 0.467. The number of carbonyl (C=O) groups excluding carboxylic acids is 3. The second-order valence-corrected chi connectivity index (χ2v) is 5.71. The minimum absolute atomic E-state index is 0.0920. The molecule has 2 aromatic heterocycles. The van der Waals surface area contributed by atoms with Crippen LogP contribution in [0.2, 0.25) is 0 Å². The predicted octanol–water partition coefficient (Wildman–Crippen LogP) is -0.362. The molecule has 2 heterocycles. The summed E-state index contributed by atoms with van der Waals surface area (Å²) in [6.45, 7) is 0.0920. The van der Waals surface area contributed by atoms with E-state index >= 15 is 0 Å². The Hall–Kier alpha value is -4.35. The van der Waals surface area contributed by atoms with E-state index < -0.39 is 35.3 Å². The van der Waals surface area contributed by atoms with Gasteiger partial charge >= 0.3 is 11.9 Å². The number of primary amides is 1. The van der Waals surface area contributed by atoms with Crippen molar-refractivity contribution in [3.8, 4) is 0 Å². The molecule has 4 N–H and O–H groups in total. The molecular weight excluding hydrogens is 384 g/mol. The SMILES string of the molecule is COC(=O)c1ccc(CNC(=O)c2cc(C(=O)O)n3nc(C(N)=O)nc3n2)cc1. The van der Waals surface area contributed by atoms with E-state index in [4.69, 9.17) is 5.73 Å². The number of hydrogen-bond donors (Lipinski definition) is 3. The van der Waals surface area contributed by atoms with Crippen LogP contribution in [0.25, 0.3) is 5.78 Å². The van der Waals surface area contributed by atoms with Crippen LogP contribution >= 0.6 is 0 Å². The molecule has 29 heavy (non-hydrogen) atoms.